The highest BCUT2D eigenvalue weighted by Gasteiger charge is 2.21. The number of carbonyl (C=O) groups is 2. The number of piperidine rings is 1. The van der Waals surface area contributed by atoms with Crippen molar-refractivity contribution in [1.29, 1.82) is 0 Å². The van der Waals surface area contributed by atoms with Crippen molar-refractivity contribution < 1.29 is 9.59 Å². The van der Waals surface area contributed by atoms with Crippen LogP contribution in [0.1, 0.15) is 46.0 Å². The van der Waals surface area contributed by atoms with E-state index in [0.29, 0.717) is 13.0 Å². The second-order valence-corrected chi connectivity index (χ2v) is 5.16. The van der Waals surface area contributed by atoms with Gasteiger partial charge in [-0.2, -0.15) is 0 Å². The predicted octanol–water partition coefficient (Wildman–Crippen LogP) is 0.893. The van der Waals surface area contributed by atoms with Gasteiger partial charge in [0.25, 0.3) is 0 Å². The minimum Gasteiger partial charge on any atom is -0.356 e. The number of rotatable bonds is 7. The lowest BCUT2D eigenvalue weighted by molar-refractivity contribution is -0.134. The third-order valence-corrected chi connectivity index (χ3v) is 3.41. The van der Waals surface area contributed by atoms with Crippen molar-refractivity contribution in [2.24, 2.45) is 0 Å². The average Bonchev–Trinajstić information content (AvgIpc) is 2.45. The average molecular weight is 269 g/mol. The Bertz CT molecular complexity index is 288. The van der Waals surface area contributed by atoms with E-state index in [-0.39, 0.29) is 17.9 Å². The van der Waals surface area contributed by atoms with Gasteiger partial charge in [0.15, 0.2) is 0 Å². The fraction of sp³-hybridized carbons (Fsp3) is 0.857. The highest BCUT2D eigenvalue weighted by molar-refractivity contribution is 5.81. The molecule has 0 aromatic rings. The molecule has 0 saturated carbocycles. The third-order valence-electron chi connectivity index (χ3n) is 3.41. The Balaban J connectivity index is 2.17. The zero-order chi connectivity index (χ0) is 14.1. The van der Waals surface area contributed by atoms with Crippen LogP contribution >= 0.6 is 0 Å². The van der Waals surface area contributed by atoms with Gasteiger partial charge in [-0.3, -0.25) is 9.59 Å². The predicted molar refractivity (Wildman–Crippen MR) is 75.8 cm³/mol. The molecular formula is C14H27N3O2. The van der Waals surface area contributed by atoms with E-state index in [0.717, 1.165) is 38.9 Å². The molecule has 1 aliphatic heterocycles. The molecule has 1 atom stereocenters. The number of hydrogen-bond donors (Lipinski definition) is 2. The standard InChI is InChI=1S/C14H27N3O2/c1-3-8-16-13(18)7-9-15-12(2)14(19)17-10-5-4-6-11-17/h12,15H,3-11H2,1-2H3,(H,16,18). The van der Waals surface area contributed by atoms with Crippen LogP contribution in [0.3, 0.4) is 0 Å². The topological polar surface area (TPSA) is 61.4 Å². The fourth-order valence-electron chi connectivity index (χ4n) is 2.23. The summed E-state index contributed by atoms with van der Waals surface area (Å²) >= 11 is 0. The Labute approximate surface area is 116 Å². The lowest BCUT2D eigenvalue weighted by Gasteiger charge is -2.29. The van der Waals surface area contributed by atoms with Crippen molar-refractivity contribution in [2.75, 3.05) is 26.2 Å². The quantitative estimate of drug-likeness (QED) is 0.721. The van der Waals surface area contributed by atoms with Gasteiger partial charge in [-0.05, 0) is 32.6 Å². The fourth-order valence-corrected chi connectivity index (χ4v) is 2.23. The molecule has 0 bridgehead atoms. The first-order chi connectivity index (χ1) is 9.15. The van der Waals surface area contributed by atoms with E-state index in [2.05, 4.69) is 10.6 Å². The maximum atomic E-state index is 12.1. The largest absolute Gasteiger partial charge is 0.356 e. The van der Waals surface area contributed by atoms with Gasteiger partial charge in [-0.1, -0.05) is 6.92 Å². The monoisotopic (exact) mass is 269 g/mol. The highest BCUT2D eigenvalue weighted by atomic mass is 16.2. The van der Waals surface area contributed by atoms with Gasteiger partial charge in [0.05, 0.1) is 6.04 Å². The van der Waals surface area contributed by atoms with Crippen LogP contribution < -0.4 is 10.6 Å². The smallest absolute Gasteiger partial charge is 0.239 e. The maximum absolute atomic E-state index is 12.1. The SMILES string of the molecule is CCCNC(=O)CCNC(C)C(=O)N1CCCCC1. The first-order valence-corrected chi connectivity index (χ1v) is 7.44. The molecule has 110 valence electrons. The zero-order valence-corrected chi connectivity index (χ0v) is 12.2. The van der Waals surface area contributed by atoms with Crippen LogP contribution in [0.4, 0.5) is 0 Å². The number of carbonyl (C=O) groups excluding carboxylic acids is 2. The molecule has 0 aromatic carbocycles. The summed E-state index contributed by atoms with van der Waals surface area (Å²) in [5.41, 5.74) is 0. The van der Waals surface area contributed by atoms with E-state index in [1.54, 1.807) is 0 Å². The first kappa shape index (κ1) is 16.0. The Morgan fingerprint density at radius 3 is 2.47 bits per heavy atom. The van der Waals surface area contributed by atoms with Gasteiger partial charge in [0, 0.05) is 32.6 Å². The van der Waals surface area contributed by atoms with Gasteiger partial charge in [-0.25, -0.2) is 0 Å². The molecular weight excluding hydrogens is 242 g/mol. The molecule has 0 aliphatic carbocycles. The number of likely N-dealkylation sites (tertiary alicyclic amines) is 1. The third kappa shape index (κ3) is 6.05. The van der Waals surface area contributed by atoms with Gasteiger partial charge < -0.3 is 15.5 Å². The second kappa shape index (κ2) is 8.91. The zero-order valence-electron chi connectivity index (χ0n) is 12.2. The number of nitrogens with zero attached hydrogens (tertiary/aromatic N) is 1. The molecule has 1 fully saturated rings. The van der Waals surface area contributed by atoms with Crippen molar-refractivity contribution in [3.8, 4) is 0 Å². The Morgan fingerprint density at radius 2 is 1.84 bits per heavy atom. The molecule has 1 aliphatic rings. The van der Waals surface area contributed by atoms with Crippen molar-refractivity contribution in [3.05, 3.63) is 0 Å². The summed E-state index contributed by atoms with van der Waals surface area (Å²) in [6.45, 7) is 6.93. The van der Waals surface area contributed by atoms with E-state index < -0.39 is 0 Å². The van der Waals surface area contributed by atoms with Crippen LogP contribution in [0.25, 0.3) is 0 Å². The van der Waals surface area contributed by atoms with Crippen LogP contribution in [0.5, 0.6) is 0 Å². The van der Waals surface area contributed by atoms with Crippen molar-refractivity contribution in [3.63, 3.8) is 0 Å². The first-order valence-electron chi connectivity index (χ1n) is 7.44. The summed E-state index contributed by atoms with van der Waals surface area (Å²) in [6.07, 6.45) is 4.82. The van der Waals surface area contributed by atoms with Crippen LogP contribution in [0, 0.1) is 0 Å². The van der Waals surface area contributed by atoms with Crippen LogP contribution in [-0.2, 0) is 9.59 Å². The van der Waals surface area contributed by atoms with E-state index in [4.69, 9.17) is 0 Å². The molecule has 2 amide bonds. The summed E-state index contributed by atoms with van der Waals surface area (Å²) in [7, 11) is 0. The van der Waals surface area contributed by atoms with Gasteiger partial charge in [0.2, 0.25) is 11.8 Å². The Morgan fingerprint density at radius 1 is 1.16 bits per heavy atom. The highest BCUT2D eigenvalue weighted by Crippen LogP contribution is 2.09. The molecule has 5 nitrogen and oxygen atoms in total. The van der Waals surface area contributed by atoms with Crippen molar-refractivity contribution in [1.82, 2.24) is 15.5 Å². The lowest BCUT2D eigenvalue weighted by atomic mass is 10.1. The van der Waals surface area contributed by atoms with Crippen LogP contribution in [0.2, 0.25) is 0 Å². The summed E-state index contributed by atoms with van der Waals surface area (Å²) in [4.78, 5) is 25.4. The minimum absolute atomic E-state index is 0.0481. The summed E-state index contributed by atoms with van der Waals surface area (Å²) in [6, 6.07) is -0.197. The minimum atomic E-state index is -0.197. The van der Waals surface area contributed by atoms with Gasteiger partial charge in [0.1, 0.15) is 0 Å². The van der Waals surface area contributed by atoms with E-state index in [1.807, 2.05) is 18.7 Å². The molecule has 1 saturated heterocycles. The molecule has 1 rings (SSSR count). The van der Waals surface area contributed by atoms with E-state index >= 15 is 0 Å². The van der Waals surface area contributed by atoms with Crippen molar-refractivity contribution >= 4 is 11.8 Å². The molecule has 0 aromatic heterocycles. The molecule has 1 unspecified atom stereocenters. The maximum Gasteiger partial charge on any atom is 0.239 e. The number of hydrogen-bond acceptors (Lipinski definition) is 3. The van der Waals surface area contributed by atoms with Gasteiger partial charge >= 0.3 is 0 Å². The van der Waals surface area contributed by atoms with Crippen LogP contribution in [-0.4, -0.2) is 48.9 Å². The number of nitrogens with one attached hydrogen (secondary N) is 2. The van der Waals surface area contributed by atoms with E-state index in [9.17, 15) is 9.59 Å². The Hall–Kier alpha value is -1.10. The lowest BCUT2D eigenvalue weighted by Crippen LogP contribution is -2.47. The summed E-state index contributed by atoms with van der Waals surface area (Å²) in [5.74, 6) is 0.209. The molecule has 0 spiro atoms. The Kier molecular flexibility index (Phi) is 7.48. The van der Waals surface area contributed by atoms with Crippen LogP contribution in [0.15, 0.2) is 0 Å². The number of amides is 2. The summed E-state index contributed by atoms with van der Waals surface area (Å²) < 4.78 is 0. The molecule has 1 heterocycles. The van der Waals surface area contributed by atoms with E-state index in [1.165, 1.54) is 6.42 Å². The molecule has 19 heavy (non-hydrogen) atoms. The van der Waals surface area contributed by atoms with Gasteiger partial charge in [-0.15, -0.1) is 0 Å². The van der Waals surface area contributed by atoms with Crippen molar-refractivity contribution in [2.45, 2.75) is 52.0 Å². The molecule has 0 radical (unpaired) electrons. The molecule has 2 N–H and O–H groups in total. The summed E-state index contributed by atoms with van der Waals surface area (Å²) in [5, 5.41) is 5.96. The normalized spacial score (nSPS) is 17.1. The second-order valence-electron chi connectivity index (χ2n) is 5.16. The molecule has 5 heteroatoms.